The molecule has 1 atom stereocenters. The third kappa shape index (κ3) is 3.12. The molecular weight excluding hydrogens is 264 g/mol. The van der Waals surface area contributed by atoms with E-state index in [1.165, 1.54) is 0 Å². The number of ether oxygens (including phenoxy) is 1. The molecular formula is C13H17ClN4O. The summed E-state index contributed by atoms with van der Waals surface area (Å²) in [6.07, 6.45) is 3.34. The smallest absolute Gasteiger partial charge is 0.0912 e. The van der Waals surface area contributed by atoms with Crippen molar-refractivity contribution in [3.8, 4) is 0 Å². The molecule has 0 saturated heterocycles. The lowest BCUT2D eigenvalue weighted by molar-refractivity contribution is 0.182. The van der Waals surface area contributed by atoms with Crippen LogP contribution in [0.4, 0.5) is 0 Å². The lowest BCUT2D eigenvalue weighted by Crippen LogP contribution is -2.20. The molecule has 2 rings (SSSR count). The molecule has 0 aliphatic rings. The molecule has 0 bridgehead atoms. The van der Waals surface area contributed by atoms with Crippen LogP contribution in [0, 0.1) is 6.92 Å². The minimum atomic E-state index is -0.397. The molecule has 0 aliphatic heterocycles. The van der Waals surface area contributed by atoms with Crippen molar-refractivity contribution >= 4 is 11.6 Å². The summed E-state index contributed by atoms with van der Waals surface area (Å²) in [4.78, 5) is 4.30. The van der Waals surface area contributed by atoms with Crippen LogP contribution in [0.3, 0.4) is 0 Å². The van der Waals surface area contributed by atoms with Crippen molar-refractivity contribution in [1.82, 2.24) is 14.8 Å². The first-order valence-electron chi connectivity index (χ1n) is 6.01. The van der Waals surface area contributed by atoms with E-state index in [4.69, 9.17) is 22.1 Å². The SMILES string of the molecule is COCCn1ncc(Cl)c1C(N)c1cc(C)ccn1. The number of aromatic nitrogens is 3. The second kappa shape index (κ2) is 6.14. The van der Waals surface area contributed by atoms with Gasteiger partial charge in [-0.05, 0) is 24.6 Å². The second-order valence-electron chi connectivity index (χ2n) is 4.33. The lowest BCUT2D eigenvalue weighted by Gasteiger charge is -2.15. The molecule has 19 heavy (non-hydrogen) atoms. The predicted octanol–water partition coefficient (Wildman–Crippen LogP) is 1.93. The van der Waals surface area contributed by atoms with Gasteiger partial charge in [-0.1, -0.05) is 11.6 Å². The van der Waals surface area contributed by atoms with Gasteiger partial charge in [-0.2, -0.15) is 5.10 Å². The normalized spacial score (nSPS) is 12.6. The number of aryl methyl sites for hydroxylation is 1. The Hall–Kier alpha value is -1.43. The minimum Gasteiger partial charge on any atom is -0.383 e. The molecule has 102 valence electrons. The zero-order valence-electron chi connectivity index (χ0n) is 11.0. The summed E-state index contributed by atoms with van der Waals surface area (Å²) in [7, 11) is 1.65. The Kier molecular flexibility index (Phi) is 4.52. The van der Waals surface area contributed by atoms with Crippen molar-refractivity contribution in [3.05, 3.63) is 46.5 Å². The van der Waals surface area contributed by atoms with E-state index >= 15 is 0 Å². The van der Waals surface area contributed by atoms with Gasteiger partial charge in [0.2, 0.25) is 0 Å². The third-order valence-corrected chi connectivity index (χ3v) is 3.18. The molecule has 5 nitrogen and oxygen atoms in total. The first kappa shape index (κ1) is 14.0. The number of halogens is 1. The van der Waals surface area contributed by atoms with Gasteiger partial charge in [-0.3, -0.25) is 9.67 Å². The molecule has 2 heterocycles. The number of rotatable bonds is 5. The molecule has 2 N–H and O–H groups in total. The second-order valence-corrected chi connectivity index (χ2v) is 4.74. The molecule has 2 aromatic heterocycles. The van der Waals surface area contributed by atoms with E-state index in [0.717, 1.165) is 17.0 Å². The number of pyridine rings is 1. The van der Waals surface area contributed by atoms with E-state index in [1.54, 1.807) is 24.2 Å². The number of nitrogens with zero attached hydrogens (tertiary/aromatic N) is 3. The fourth-order valence-corrected chi connectivity index (χ4v) is 2.17. The van der Waals surface area contributed by atoms with Crippen molar-refractivity contribution in [1.29, 1.82) is 0 Å². The van der Waals surface area contributed by atoms with Crippen LogP contribution in [0.15, 0.2) is 24.5 Å². The van der Waals surface area contributed by atoms with Crippen LogP contribution < -0.4 is 5.73 Å². The molecule has 0 aliphatic carbocycles. The van der Waals surface area contributed by atoms with Crippen LogP contribution in [0.5, 0.6) is 0 Å². The van der Waals surface area contributed by atoms with Gasteiger partial charge in [-0.15, -0.1) is 0 Å². The van der Waals surface area contributed by atoms with Gasteiger partial charge in [-0.25, -0.2) is 0 Å². The predicted molar refractivity (Wildman–Crippen MR) is 74.1 cm³/mol. The number of hydrogen-bond donors (Lipinski definition) is 1. The van der Waals surface area contributed by atoms with Gasteiger partial charge in [0, 0.05) is 13.3 Å². The summed E-state index contributed by atoms with van der Waals surface area (Å²) in [5.41, 5.74) is 8.90. The topological polar surface area (TPSA) is 66.0 Å². The van der Waals surface area contributed by atoms with Gasteiger partial charge in [0.1, 0.15) is 0 Å². The standard InChI is InChI=1S/C13H17ClN4O/c1-9-3-4-16-11(7-9)12(15)13-10(14)8-17-18(13)5-6-19-2/h3-4,7-8,12H,5-6,15H2,1-2H3. The fourth-order valence-electron chi connectivity index (χ4n) is 1.91. The van der Waals surface area contributed by atoms with Gasteiger partial charge >= 0.3 is 0 Å². The molecule has 6 heteroatoms. The Morgan fingerprint density at radius 2 is 2.32 bits per heavy atom. The number of nitrogens with two attached hydrogens (primary N) is 1. The Bertz CT molecular complexity index is 555. The molecule has 0 amide bonds. The van der Waals surface area contributed by atoms with Gasteiger partial charge in [0.25, 0.3) is 0 Å². The van der Waals surface area contributed by atoms with E-state index < -0.39 is 6.04 Å². The van der Waals surface area contributed by atoms with Crippen LogP contribution in [-0.2, 0) is 11.3 Å². The van der Waals surface area contributed by atoms with E-state index in [-0.39, 0.29) is 0 Å². The first-order valence-corrected chi connectivity index (χ1v) is 6.39. The molecule has 0 aromatic carbocycles. The Morgan fingerprint density at radius 3 is 3.00 bits per heavy atom. The van der Waals surface area contributed by atoms with Gasteiger partial charge in [0.15, 0.2) is 0 Å². The zero-order valence-corrected chi connectivity index (χ0v) is 11.8. The maximum Gasteiger partial charge on any atom is 0.0912 e. The lowest BCUT2D eigenvalue weighted by atomic mass is 10.1. The summed E-state index contributed by atoms with van der Waals surface area (Å²) in [5, 5.41) is 4.77. The molecule has 1 unspecified atom stereocenters. The van der Waals surface area contributed by atoms with Crippen molar-refractivity contribution < 1.29 is 4.74 Å². The Labute approximate surface area is 117 Å². The van der Waals surface area contributed by atoms with E-state index in [0.29, 0.717) is 18.2 Å². The highest BCUT2D eigenvalue weighted by Crippen LogP contribution is 2.25. The van der Waals surface area contributed by atoms with Crippen LogP contribution in [0.1, 0.15) is 23.0 Å². The molecule has 0 saturated carbocycles. The highest BCUT2D eigenvalue weighted by Gasteiger charge is 2.19. The molecule has 0 fully saturated rings. The van der Waals surface area contributed by atoms with Crippen LogP contribution in [0.2, 0.25) is 5.02 Å². The van der Waals surface area contributed by atoms with Crippen LogP contribution in [-0.4, -0.2) is 28.5 Å². The highest BCUT2D eigenvalue weighted by molar-refractivity contribution is 6.31. The van der Waals surface area contributed by atoms with Crippen molar-refractivity contribution in [2.24, 2.45) is 5.73 Å². The molecule has 0 spiro atoms. The van der Waals surface area contributed by atoms with E-state index in [9.17, 15) is 0 Å². The maximum atomic E-state index is 6.25. The number of methoxy groups -OCH3 is 1. The van der Waals surface area contributed by atoms with Crippen molar-refractivity contribution in [2.75, 3.05) is 13.7 Å². The van der Waals surface area contributed by atoms with Gasteiger partial charge in [0.05, 0.1) is 41.8 Å². The summed E-state index contributed by atoms with van der Waals surface area (Å²) in [6.45, 7) is 3.17. The largest absolute Gasteiger partial charge is 0.383 e. The summed E-state index contributed by atoms with van der Waals surface area (Å²) in [5.74, 6) is 0. The minimum absolute atomic E-state index is 0.397. The quantitative estimate of drug-likeness (QED) is 0.909. The third-order valence-electron chi connectivity index (χ3n) is 2.89. The van der Waals surface area contributed by atoms with E-state index in [2.05, 4.69) is 10.1 Å². The maximum absolute atomic E-state index is 6.25. The van der Waals surface area contributed by atoms with Crippen LogP contribution in [0.25, 0.3) is 0 Å². The monoisotopic (exact) mass is 280 g/mol. The molecule has 2 aromatic rings. The summed E-state index contributed by atoms with van der Waals surface area (Å²) >= 11 is 6.18. The van der Waals surface area contributed by atoms with Crippen molar-refractivity contribution in [2.45, 2.75) is 19.5 Å². The summed E-state index contributed by atoms with van der Waals surface area (Å²) in [6, 6.07) is 3.49. The average molecular weight is 281 g/mol. The Balaban J connectivity index is 2.32. The van der Waals surface area contributed by atoms with Gasteiger partial charge < -0.3 is 10.5 Å². The molecule has 0 radical (unpaired) electrons. The highest BCUT2D eigenvalue weighted by atomic mass is 35.5. The fraction of sp³-hybridized carbons (Fsp3) is 0.385. The average Bonchev–Trinajstić information content (AvgIpc) is 2.76. The first-order chi connectivity index (χ1) is 9.13. The zero-order chi connectivity index (χ0) is 13.8. The Morgan fingerprint density at radius 1 is 1.53 bits per heavy atom. The van der Waals surface area contributed by atoms with E-state index in [1.807, 2.05) is 19.1 Å². The van der Waals surface area contributed by atoms with Crippen molar-refractivity contribution in [3.63, 3.8) is 0 Å². The summed E-state index contributed by atoms with van der Waals surface area (Å²) < 4.78 is 6.82. The van der Waals surface area contributed by atoms with Crippen LogP contribution >= 0.6 is 11.6 Å². The number of hydrogen-bond acceptors (Lipinski definition) is 4.